The maximum absolute atomic E-state index is 9.67. The molecule has 5 N–H and O–H groups in total. The molecule has 0 aromatic carbocycles. The van der Waals surface area contributed by atoms with E-state index in [2.05, 4.69) is 0 Å². The highest BCUT2D eigenvalue weighted by molar-refractivity contribution is 4.98. The van der Waals surface area contributed by atoms with Crippen LogP contribution in [0.2, 0.25) is 0 Å². The zero-order valence-electron chi connectivity index (χ0n) is 8.01. The van der Waals surface area contributed by atoms with Crippen LogP contribution in [0.5, 0.6) is 0 Å². The van der Waals surface area contributed by atoms with Crippen molar-refractivity contribution in [2.45, 2.75) is 36.8 Å². The average Bonchev–Trinajstić information content (AvgIpc) is 2.10. The predicted octanol–water partition coefficient (Wildman–Crippen LogP) is -1.56. The van der Waals surface area contributed by atoms with Crippen LogP contribution in [-0.2, 0) is 9.47 Å². The van der Waals surface area contributed by atoms with Gasteiger partial charge < -0.3 is 26.0 Å². The van der Waals surface area contributed by atoms with Gasteiger partial charge in [-0.15, -0.1) is 0 Å². The molecule has 1 fully saturated rings. The normalized spacial score (nSPS) is 46.4. The summed E-state index contributed by atoms with van der Waals surface area (Å²) >= 11 is 0. The molecule has 0 aromatic rings. The number of aliphatic hydroxyl groups is 1. The summed E-state index contributed by atoms with van der Waals surface area (Å²) in [6.45, 7) is 0. The number of methoxy groups -OCH3 is 2. The van der Waals surface area contributed by atoms with Crippen LogP contribution < -0.4 is 11.5 Å². The maximum Gasteiger partial charge on any atom is 0.112 e. The van der Waals surface area contributed by atoms with Gasteiger partial charge in [0.2, 0.25) is 0 Å². The van der Waals surface area contributed by atoms with Gasteiger partial charge in [0.15, 0.2) is 0 Å². The van der Waals surface area contributed by atoms with Crippen molar-refractivity contribution in [2.75, 3.05) is 14.2 Å². The van der Waals surface area contributed by atoms with Crippen LogP contribution in [0.15, 0.2) is 0 Å². The molecule has 0 saturated heterocycles. The summed E-state index contributed by atoms with van der Waals surface area (Å²) in [5.41, 5.74) is 11.5. The van der Waals surface area contributed by atoms with Gasteiger partial charge in [-0.1, -0.05) is 0 Å². The Labute approximate surface area is 78.0 Å². The Morgan fingerprint density at radius 3 is 2.08 bits per heavy atom. The number of rotatable bonds is 2. The van der Waals surface area contributed by atoms with E-state index in [0.717, 1.165) is 0 Å². The van der Waals surface area contributed by atoms with E-state index in [-0.39, 0.29) is 18.2 Å². The van der Waals surface area contributed by atoms with Crippen LogP contribution in [0.1, 0.15) is 6.42 Å². The van der Waals surface area contributed by atoms with E-state index in [1.54, 1.807) is 7.11 Å². The SMILES string of the molecule is CO[C@@H]1[C@@H](O)[C@H](N)C[C@H](N)[C@H]1OC. The predicted molar refractivity (Wildman–Crippen MR) is 48.2 cm³/mol. The van der Waals surface area contributed by atoms with Gasteiger partial charge in [-0.05, 0) is 6.42 Å². The van der Waals surface area contributed by atoms with E-state index >= 15 is 0 Å². The summed E-state index contributed by atoms with van der Waals surface area (Å²) in [5.74, 6) is 0. The molecular weight excluding hydrogens is 172 g/mol. The minimum atomic E-state index is -0.699. The van der Waals surface area contributed by atoms with Crippen molar-refractivity contribution in [1.29, 1.82) is 0 Å². The maximum atomic E-state index is 9.67. The highest BCUT2D eigenvalue weighted by Crippen LogP contribution is 2.22. The van der Waals surface area contributed by atoms with Crippen molar-refractivity contribution < 1.29 is 14.6 Å². The van der Waals surface area contributed by atoms with Gasteiger partial charge >= 0.3 is 0 Å². The smallest absolute Gasteiger partial charge is 0.112 e. The molecule has 0 unspecified atom stereocenters. The second-order valence-corrected chi connectivity index (χ2v) is 3.45. The highest BCUT2D eigenvalue weighted by atomic mass is 16.5. The fourth-order valence-corrected chi connectivity index (χ4v) is 1.85. The second kappa shape index (κ2) is 4.34. The highest BCUT2D eigenvalue weighted by Gasteiger charge is 2.41. The average molecular weight is 190 g/mol. The zero-order chi connectivity index (χ0) is 10.0. The monoisotopic (exact) mass is 190 g/mol. The molecule has 5 nitrogen and oxygen atoms in total. The molecule has 0 aliphatic heterocycles. The van der Waals surface area contributed by atoms with E-state index in [4.69, 9.17) is 20.9 Å². The Bertz CT molecular complexity index is 167. The molecule has 0 aromatic heterocycles. The lowest BCUT2D eigenvalue weighted by Gasteiger charge is -2.40. The third-order valence-corrected chi connectivity index (χ3v) is 2.61. The van der Waals surface area contributed by atoms with Gasteiger partial charge in [0.25, 0.3) is 0 Å². The summed E-state index contributed by atoms with van der Waals surface area (Å²) in [6, 6.07) is -0.500. The van der Waals surface area contributed by atoms with Crippen LogP contribution in [0, 0.1) is 0 Å². The summed E-state index contributed by atoms with van der Waals surface area (Å²) in [6.07, 6.45) is -0.849. The van der Waals surface area contributed by atoms with Crippen molar-refractivity contribution in [1.82, 2.24) is 0 Å². The Balaban J connectivity index is 2.71. The summed E-state index contributed by atoms with van der Waals surface area (Å²) < 4.78 is 10.3. The molecule has 0 amide bonds. The van der Waals surface area contributed by atoms with Crippen LogP contribution in [-0.4, -0.2) is 49.7 Å². The molecule has 0 spiro atoms. The summed E-state index contributed by atoms with van der Waals surface area (Å²) in [7, 11) is 3.07. The quantitative estimate of drug-likeness (QED) is 0.489. The van der Waals surface area contributed by atoms with Gasteiger partial charge in [0.1, 0.15) is 12.2 Å². The number of nitrogens with two attached hydrogens (primary N) is 2. The molecule has 0 radical (unpaired) electrons. The Morgan fingerprint density at radius 1 is 1.08 bits per heavy atom. The third kappa shape index (κ3) is 2.00. The number of hydrogen-bond donors (Lipinski definition) is 3. The van der Waals surface area contributed by atoms with Crippen molar-refractivity contribution in [3.63, 3.8) is 0 Å². The van der Waals surface area contributed by atoms with Crippen LogP contribution in [0.4, 0.5) is 0 Å². The molecule has 1 aliphatic rings. The number of hydrogen-bond acceptors (Lipinski definition) is 5. The molecule has 0 bridgehead atoms. The summed E-state index contributed by atoms with van der Waals surface area (Å²) in [4.78, 5) is 0. The van der Waals surface area contributed by atoms with Crippen LogP contribution >= 0.6 is 0 Å². The Hall–Kier alpha value is -0.200. The molecule has 1 saturated carbocycles. The molecule has 5 atom stereocenters. The van der Waals surface area contributed by atoms with Crippen molar-refractivity contribution in [3.05, 3.63) is 0 Å². The van der Waals surface area contributed by atoms with E-state index in [0.29, 0.717) is 6.42 Å². The first-order valence-electron chi connectivity index (χ1n) is 4.36. The molecule has 1 rings (SSSR count). The number of ether oxygens (including phenoxy) is 2. The first kappa shape index (κ1) is 10.9. The lowest BCUT2D eigenvalue weighted by molar-refractivity contribution is -0.130. The van der Waals surface area contributed by atoms with Gasteiger partial charge in [0, 0.05) is 26.3 Å². The van der Waals surface area contributed by atoms with Crippen LogP contribution in [0.25, 0.3) is 0 Å². The lowest BCUT2D eigenvalue weighted by Crippen LogP contribution is -2.62. The van der Waals surface area contributed by atoms with E-state index < -0.39 is 12.2 Å². The molecule has 78 valence electrons. The van der Waals surface area contributed by atoms with E-state index in [1.807, 2.05) is 0 Å². The molecule has 1 aliphatic carbocycles. The van der Waals surface area contributed by atoms with Gasteiger partial charge in [0.05, 0.1) is 6.10 Å². The first-order valence-corrected chi connectivity index (χ1v) is 4.36. The zero-order valence-corrected chi connectivity index (χ0v) is 8.01. The van der Waals surface area contributed by atoms with Gasteiger partial charge in [-0.25, -0.2) is 0 Å². The standard InChI is InChI=1S/C8H18N2O3/c1-12-7-5(10)3-4(9)6(11)8(7)13-2/h4-8,11H,3,9-10H2,1-2H3/t4-,5+,6+,7-,8-/m1/s1. The summed E-state index contributed by atoms with van der Waals surface area (Å²) in [5, 5.41) is 9.67. The molecular formula is C8H18N2O3. The second-order valence-electron chi connectivity index (χ2n) is 3.45. The minimum absolute atomic E-state index is 0.173. The van der Waals surface area contributed by atoms with Gasteiger partial charge in [-0.2, -0.15) is 0 Å². The Morgan fingerprint density at radius 2 is 1.62 bits per heavy atom. The molecule has 0 heterocycles. The fraction of sp³-hybridized carbons (Fsp3) is 1.00. The number of aliphatic hydroxyl groups excluding tert-OH is 1. The topological polar surface area (TPSA) is 90.7 Å². The minimum Gasteiger partial charge on any atom is -0.389 e. The lowest BCUT2D eigenvalue weighted by atomic mass is 9.84. The molecule has 13 heavy (non-hydrogen) atoms. The first-order chi connectivity index (χ1) is 6.11. The van der Waals surface area contributed by atoms with Gasteiger partial charge in [-0.3, -0.25) is 0 Å². The van der Waals surface area contributed by atoms with Crippen molar-refractivity contribution in [2.24, 2.45) is 11.5 Å². The third-order valence-electron chi connectivity index (χ3n) is 2.61. The van der Waals surface area contributed by atoms with Crippen molar-refractivity contribution >= 4 is 0 Å². The largest absolute Gasteiger partial charge is 0.389 e. The van der Waals surface area contributed by atoms with Crippen molar-refractivity contribution in [3.8, 4) is 0 Å². The Kier molecular flexibility index (Phi) is 3.63. The molecule has 5 heteroatoms. The van der Waals surface area contributed by atoms with E-state index in [1.165, 1.54) is 7.11 Å². The van der Waals surface area contributed by atoms with Crippen LogP contribution in [0.3, 0.4) is 0 Å². The fourth-order valence-electron chi connectivity index (χ4n) is 1.85. The van der Waals surface area contributed by atoms with E-state index in [9.17, 15) is 5.11 Å².